The Kier molecular flexibility index (Phi) is 6.88. The fourth-order valence-electron chi connectivity index (χ4n) is 3.46. The number of rotatable bonds is 6. The number of anilines is 2. The maximum absolute atomic E-state index is 13.1. The summed E-state index contributed by atoms with van der Waals surface area (Å²) in [5.41, 5.74) is 2.34. The number of amides is 2. The summed E-state index contributed by atoms with van der Waals surface area (Å²) in [6.45, 7) is 7.68. The number of piperazine rings is 1. The van der Waals surface area contributed by atoms with Gasteiger partial charge in [0.05, 0.1) is 11.4 Å². The summed E-state index contributed by atoms with van der Waals surface area (Å²) in [6.07, 6.45) is 0. The van der Waals surface area contributed by atoms with Gasteiger partial charge in [0, 0.05) is 31.7 Å². The number of carbonyl (C=O) groups is 2. The first kappa shape index (κ1) is 20.9. The summed E-state index contributed by atoms with van der Waals surface area (Å²) >= 11 is 0. The molecule has 0 unspecified atom stereocenters. The number of nitrogens with zero attached hydrogens (tertiary/aromatic N) is 2. The highest BCUT2D eigenvalue weighted by atomic mass is 16.2. The van der Waals surface area contributed by atoms with Gasteiger partial charge >= 0.3 is 0 Å². The molecule has 6 heteroatoms. The minimum atomic E-state index is -0.622. The first-order valence-electron chi connectivity index (χ1n) is 10.1. The highest BCUT2D eigenvalue weighted by molar-refractivity contribution is 6.02. The molecule has 0 saturated carbocycles. The molecule has 2 amide bonds. The van der Waals surface area contributed by atoms with Crippen LogP contribution in [0.1, 0.15) is 24.2 Å². The maximum Gasteiger partial charge on any atom is 0.251 e. The Morgan fingerprint density at radius 3 is 2.17 bits per heavy atom. The third-order valence-corrected chi connectivity index (χ3v) is 5.28. The SMILES string of the molecule is CC(C)[C@H](NC(=O)c1ccccc1)C(=O)Nc1ccccc1N1CCN(C)CC1. The standard InChI is InChI=1S/C23H30N4O2/c1-17(2)21(25-22(28)18-9-5-4-6-10-18)23(29)24-19-11-7-8-12-20(19)27-15-13-26(3)14-16-27/h4-12,17,21H,13-16H2,1-3H3,(H,24,29)(H,25,28)/t21-/m0/s1. The van der Waals surface area contributed by atoms with Crippen molar-refractivity contribution in [2.45, 2.75) is 19.9 Å². The molecular formula is C23H30N4O2. The summed E-state index contributed by atoms with van der Waals surface area (Å²) in [5, 5.41) is 5.93. The molecule has 1 atom stereocenters. The van der Waals surface area contributed by atoms with Gasteiger partial charge in [-0.15, -0.1) is 0 Å². The number of hydrogen-bond acceptors (Lipinski definition) is 4. The van der Waals surface area contributed by atoms with E-state index in [0.29, 0.717) is 5.56 Å². The average molecular weight is 395 g/mol. The van der Waals surface area contributed by atoms with Crippen LogP contribution >= 0.6 is 0 Å². The van der Waals surface area contributed by atoms with Gasteiger partial charge in [0.1, 0.15) is 6.04 Å². The minimum absolute atomic E-state index is 0.0431. The maximum atomic E-state index is 13.1. The van der Waals surface area contributed by atoms with Crippen molar-refractivity contribution in [1.29, 1.82) is 0 Å². The van der Waals surface area contributed by atoms with Crippen molar-refractivity contribution in [2.24, 2.45) is 5.92 Å². The van der Waals surface area contributed by atoms with Crippen molar-refractivity contribution in [1.82, 2.24) is 10.2 Å². The molecule has 1 aliphatic heterocycles. The van der Waals surface area contributed by atoms with E-state index in [4.69, 9.17) is 0 Å². The predicted octanol–water partition coefficient (Wildman–Crippen LogP) is 2.83. The molecular weight excluding hydrogens is 364 g/mol. The first-order valence-corrected chi connectivity index (χ1v) is 10.1. The lowest BCUT2D eigenvalue weighted by atomic mass is 10.0. The van der Waals surface area contributed by atoms with Crippen LogP contribution in [0, 0.1) is 5.92 Å². The second kappa shape index (κ2) is 9.56. The molecule has 0 bridgehead atoms. The van der Waals surface area contributed by atoms with Crippen molar-refractivity contribution in [3.8, 4) is 0 Å². The van der Waals surface area contributed by atoms with E-state index in [1.807, 2.05) is 56.3 Å². The first-order chi connectivity index (χ1) is 14.0. The number of para-hydroxylation sites is 2. The smallest absolute Gasteiger partial charge is 0.251 e. The quantitative estimate of drug-likeness (QED) is 0.791. The van der Waals surface area contributed by atoms with Crippen molar-refractivity contribution in [2.75, 3.05) is 43.4 Å². The lowest BCUT2D eigenvalue weighted by Gasteiger charge is -2.35. The van der Waals surface area contributed by atoms with E-state index in [1.165, 1.54) is 0 Å². The van der Waals surface area contributed by atoms with Crippen molar-refractivity contribution in [3.63, 3.8) is 0 Å². The zero-order chi connectivity index (χ0) is 20.8. The third-order valence-electron chi connectivity index (χ3n) is 5.28. The zero-order valence-corrected chi connectivity index (χ0v) is 17.4. The van der Waals surface area contributed by atoms with Crippen LogP contribution in [-0.4, -0.2) is 56.0 Å². The molecule has 0 spiro atoms. The summed E-state index contributed by atoms with van der Waals surface area (Å²) in [7, 11) is 2.12. The summed E-state index contributed by atoms with van der Waals surface area (Å²) in [4.78, 5) is 30.2. The van der Waals surface area contributed by atoms with Gasteiger partial charge in [-0.3, -0.25) is 9.59 Å². The van der Waals surface area contributed by atoms with Crippen molar-refractivity contribution < 1.29 is 9.59 Å². The largest absolute Gasteiger partial charge is 0.367 e. The van der Waals surface area contributed by atoms with Crippen LogP contribution in [0.25, 0.3) is 0 Å². The second-order valence-electron chi connectivity index (χ2n) is 7.86. The molecule has 0 radical (unpaired) electrons. The fraction of sp³-hybridized carbons (Fsp3) is 0.391. The second-order valence-corrected chi connectivity index (χ2v) is 7.86. The molecule has 2 aromatic rings. The van der Waals surface area contributed by atoms with Crippen LogP contribution in [0.15, 0.2) is 54.6 Å². The summed E-state index contributed by atoms with van der Waals surface area (Å²) in [5.74, 6) is -0.490. The Hall–Kier alpha value is -2.86. The van der Waals surface area contributed by atoms with E-state index in [0.717, 1.165) is 37.6 Å². The van der Waals surface area contributed by atoms with Gasteiger partial charge in [-0.05, 0) is 37.2 Å². The van der Waals surface area contributed by atoms with Crippen molar-refractivity contribution >= 4 is 23.2 Å². The third kappa shape index (κ3) is 5.35. The van der Waals surface area contributed by atoms with Gasteiger partial charge < -0.3 is 20.4 Å². The molecule has 29 heavy (non-hydrogen) atoms. The van der Waals surface area contributed by atoms with E-state index in [2.05, 4.69) is 27.5 Å². The van der Waals surface area contributed by atoms with Gasteiger partial charge in [0.25, 0.3) is 5.91 Å². The highest BCUT2D eigenvalue weighted by Crippen LogP contribution is 2.27. The number of benzene rings is 2. The lowest BCUT2D eigenvalue weighted by molar-refractivity contribution is -0.118. The predicted molar refractivity (Wildman–Crippen MR) is 117 cm³/mol. The molecule has 1 saturated heterocycles. The summed E-state index contributed by atoms with van der Waals surface area (Å²) < 4.78 is 0. The van der Waals surface area contributed by atoms with E-state index in [-0.39, 0.29) is 17.7 Å². The Morgan fingerprint density at radius 2 is 1.52 bits per heavy atom. The number of nitrogens with one attached hydrogen (secondary N) is 2. The Labute approximate surface area is 172 Å². The van der Waals surface area contributed by atoms with Crippen LogP contribution in [0.2, 0.25) is 0 Å². The van der Waals surface area contributed by atoms with Gasteiger partial charge in [-0.25, -0.2) is 0 Å². The average Bonchev–Trinajstić information content (AvgIpc) is 2.73. The van der Waals surface area contributed by atoms with Crippen LogP contribution in [0.5, 0.6) is 0 Å². The van der Waals surface area contributed by atoms with Crippen LogP contribution in [0.3, 0.4) is 0 Å². The Morgan fingerprint density at radius 1 is 0.897 bits per heavy atom. The molecule has 0 aromatic heterocycles. The highest BCUT2D eigenvalue weighted by Gasteiger charge is 2.26. The minimum Gasteiger partial charge on any atom is -0.367 e. The van der Waals surface area contributed by atoms with Crippen molar-refractivity contribution in [3.05, 3.63) is 60.2 Å². The number of hydrogen-bond donors (Lipinski definition) is 2. The number of likely N-dealkylation sites (N-methyl/N-ethyl adjacent to an activating group) is 1. The Bertz CT molecular complexity index is 830. The molecule has 0 aliphatic carbocycles. The van der Waals surface area contributed by atoms with E-state index in [1.54, 1.807) is 12.1 Å². The molecule has 1 heterocycles. The molecule has 6 nitrogen and oxygen atoms in total. The van der Waals surface area contributed by atoms with Crippen LogP contribution < -0.4 is 15.5 Å². The summed E-state index contributed by atoms with van der Waals surface area (Å²) in [6, 6.07) is 16.2. The van der Waals surface area contributed by atoms with Gasteiger partial charge in [-0.2, -0.15) is 0 Å². The molecule has 3 rings (SSSR count). The van der Waals surface area contributed by atoms with Crippen LogP contribution in [0.4, 0.5) is 11.4 Å². The normalized spacial score (nSPS) is 15.8. The Balaban J connectivity index is 1.73. The van der Waals surface area contributed by atoms with E-state index in [9.17, 15) is 9.59 Å². The van der Waals surface area contributed by atoms with E-state index >= 15 is 0 Å². The van der Waals surface area contributed by atoms with Gasteiger partial charge in [0.2, 0.25) is 5.91 Å². The van der Waals surface area contributed by atoms with E-state index < -0.39 is 6.04 Å². The molecule has 1 aliphatic rings. The molecule has 154 valence electrons. The zero-order valence-electron chi connectivity index (χ0n) is 17.4. The van der Waals surface area contributed by atoms with Crippen LogP contribution in [-0.2, 0) is 4.79 Å². The molecule has 2 aromatic carbocycles. The lowest BCUT2D eigenvalue weighted by Crippen LogP contribution is -2.47. The fourth-order valence-corrected chi connectivity index (χ4v) is 3.46. The topological polar surface area (TPSA) is 64.7 Å². The number of carbonyl (C=O) groups excluding carboxylic acids is 2. The monoisotopic (exact) mass is 394 g/mol. The molecule has 2 N–H and O–H groups in total. The van der Waals surface area contributed by atoms with Gasteiger partial charge in [-0.1, -0.05) is 44.2 Å². The molecule has 1 fully saturated rings. The van der Waals surface area contributed by atoms with Gasteiger partial charge in [0.15, 0.2) is 0 Å².